The summed E-state index contributed by atoms with van der Waals surface area (Å²) < 4.78 is 10.9. The van der Waals surface area contributed by atoms with Crippen LogP contribution < -0.4 is 0 Å². The molecule has 6 heteroatoms. The Morgan fingerprint density at radius 1 is 1.30 bits per heavy atom. The predicted octanol–water partition coefficient (Wildman–Crippen LogP) is 3.75. The van der Waals surface area contributed by atoms with Gasteiger partial charge in [-0.3, -0.25) is 4.79 Å². The highest BCUT2D eigenvalue weighted by Crippen LogP contribution is 2.46. The standard InChI is InChI=1S/C21H35BrO5/c1-3-4-5-7-14(23)10-11-15-16-12-20(27-19(16)13-18(15)24)17(22)8-6-9-21(25)26-2/h10-11,14-20,23-24H,3-9,12-13H2,1-2H3/t14-,15+,16+,17?,18+,19+,20?/m0/s1. The molecule has 0 aromatic carbocycles. The third-order valence-electron chi connectivity index (χ3n) is 5.89. The Hall–Kier alpha value is -0.430. The van der Waals surface area contributed by atoms with Gasteiger partial charge in [0.25, 0.3) is 0 Å². The van der Waals surface area contributed by atoms with Crippen LogP contribution in [-0.2, 0) is 14.3 Å². The Bertz CT molecular complexity index is 483. The monoisotopic (exact) mass is 446 g/mol. The summed E-state index contributed by atoms with van der Waals surface area (Å²) >= 11 is 3.72. The van der Waals surface area contributed by atoms with Crippen LogP contribution in [0.1, 0.15) is 64.7 Å². The average Bonchev–Trinajstić information content (AvgIpc) is 3.17. The average molecular weight is 447 g/mol. The lowest BCUT2D eigenvalue weighted by molar-refractivity contribution is -0.140. The fourth-order valence-electron chi connectivity index (χ4n) is 4.31. The van der Waals surface area contributed by atoms with Crippen LogP contribution >= 0.6 is 15.9 Å². The first-order valence-electron chi connectivity index (χ1n) is 10.4. The minimum atomic E-state index is -0.428. The van der Waals surface area contributed by atoms with E-state index >= 15 is 0 Å². The van der Waals surface area contributed by atoms with E-state index in [2.05, 4.69) is 27.6 Å². The van der Waals surface area contributed by atoms with E-state index in [4.69, 9.17) is 4.74 Å². The molecule has 1 saturated heterocycles. The number of unbranched alkanes of at least 4 members (excludes halogenated alkanes) is 2. The second-order valence-corrected chi connectivity index (χ2v) is 9.10. The highest BCUT2D eigenvalue weighted by Gasteiger charge is 2.49. The van der Waals surface area contributed by atoms with E-state index in [1.165, 1.54) is 7.11 Å². The first-order valence-corrected chi connectivity index (χ1v) is 11.3. The molecule has 7 atom stereocenters. The molecule has 1 heterocycles. The van der Waals surface area contributed by atoms with Crippen molar-refractivity contribution in [2.75, 3.05) is 7.11 Å². The van der Waals surface area contributed by atoms with Crippen molar-refractivity contribution in [2.24, 2.45) is 11.8 Å². The van der Waals surface area contributed by atoms with E-state index in [0.717, 1.165) is 44.9 Å². The quantitative estimate of drug-likeness (QED) is 0.218. The number of hydrogen-bond acceptors (Lipinski definition) is 5. The van der Waals surface area contributed by atoms with Gasteiger partial charge >= 0.3 is 5.97 Å². The molecule has 2 aliphatic rings. The second-order valence-electron chi connectivity index (χ2n) is 7.93. The minimum absolute atomic E-state index is 0.0515. The number of fused-ring (bicyclic) bond motifs is 1. The van der Waals surface area contributed by atoms with Gasteiger partial charge in [-0.1, -0.05) is 54.3 Å². The first kappa shape index (κ1) is 22.9. The number of hydrogen-bond donors (Lipinski definition) is 2. The maximum Gasteiger partial charge on any atom is 0.305 e. The van der Waals surface area contributed by atoms with E-state index in [1.807, 2.05) is 12.2 Å². The van der Waals surface area contributed by atoms with Crippen molar-refractivity contribution in [3.05, 3.63) is 12.2 Å². The molecular formula is C21H35BrO5. The van der Waals surface area contributed by atoms with Gasteiger partial charge in [0.05, 0.1) is 31.5 Å². The Labute approximate surface area is 171 Å². The number of carbonyl (C=O) groups is 1. The summed E-state index contributed by atoms with van der Waals surface area (Å²) in [5.74, 6) is 0.171. The summed E-state index contributed by atoms with van der Waals surface area (Å²) in [4.78, 5) is 11.4. The van der Waals surface area contributed by atoms with Crippen LogP contribution in [0.15, 0.2) is 12.2 Å². The number of ether oxygens (including phenoxy) is 2. The smallest absolute Gasteiger partial charge is 0.305 e. The largest absolute Gasteiger partial charge is 0.469 e. The molecule has 0 radical (unpaired) electrons. The van der Waals surface area contributed by atoms with E-state index in [9.17, 15) is 15.0 Å². The molecule has 156 valence electrons. The number of esters is 1. The number of rotatable bonds is 11. The molecule has 0 aromatic rings. The molecule has 5 nitrogen and oxygen atoms in total. The van der Waals surface area contributed by atoms with Gasteiger partial charge in [0, 0.05) is 23.6 Å². The SMILES string of the molecule is CCCCC[C@H](O)C=C[C@@H]1[C@H]2CC(C(Br)CCCC(=O)OC)O[C@@H]2C[C@H]1O. The number of alkyl halides is 1. The van der Waals surface area contributed by atoms with E-state index in [-0.39, 0.29) is 28.9 Å². The van der Waals surface area contributed by atoms with E-state index in [1.54, 1.807) is 0 Å². The fourth-order valence-corrected chi connectivity index (χ4v) is 4.97. The molecule has 0 amide bonds. The highest BCUT2D eigenvalue weighted by molar-refractivity contribution is 9.09. The lowest BCUT2D eigenvalue weighted by Gasteiger charge is -2.21. The maximum absolute atomic E-state index is 11.2. The number of carbonyl (C=O) groups excluding carboxylic acids is 1. The Morgan fingerprint density at radius 2 is 2.07 bits per heavy atom. The van der Waals surface area contributed by atoms with Gasteiger partial charge in [0.2, 0.25) is 0 Å². The number of halogens is 1. The van der Waals surface area contributed by atoms with Crippen LogP contribution in [0.5, 0.6) is 0 Å². The van der Waals surface area contributed by atoms with Gasteiger partial charge < -0.3 is 19.7 Å². The molecule has 1 aliphatic heterocycles. The van der Waals surface area contributed by atoms with Crippen LogP contribution in [-0.4, -0.2) is 52.5 Å². The third-order valence-corrected chi connectivity index (χ3v) is 6.94. The predicted molar refractivity (Wildman–Crippen MR) is 109 cm³/mol. The van der Waals surface area contributed by atoms with Gasteiger partial charge in [-0.15, -0.1) is 0 Å². The lowest BCUT2D eigenvalue weighted by atomic mass is 9.89. The van der Waals surface area contributed by atoms with Crippen molar-refractivity contribution >= 4 is 21.9 Å². The minimum Gasteiger partial charge on any atom is -0.469 e. The van der Waals surface area contributed by atoms with E-state index in [0.29, 0.717) is 18.8 Å². The van der Waals surface area contributed by atoms with Crippen LogP contribution in [0.25, 0.3) is 0 Å². The summed E-state index contributed by atoms with van der Waals surface area (Å²) in [7, 11) is 1.41. The van der Waals surface area contributed by atoms with Gasteiger partial charge in [0.15, 0.2) is 0 Å². The zero-order chi connectivity index (χ0) is 19.8. The normalized spacial score (nSPS) is 32.6. The van der Waals surface area contributed by atoms with Crippen LogP contribution in [0.2, 0.25) is 0 Å². The van der Waals surface area contributed by atoms with Crippen LogP contribution in [0, 0.1) is 11.8 Å². The second kappa shape index (κ2) is 11.5. The number of aliphatic hydroxyl groups is 2. The van der Waals surface area contributed by atoms with Crippen LogP contribution in [0.4, 0.5) is 0 Å². The third kappa shape index (κ3) is 6.84. The first-order chi connectivity index (χ1) is 13.0. The molecule has 2 fully saturated rings. The van der Waals surface area contributed by atoms with Gasteiger partial charge in [-0.05, 0) is 31.6 Å². The highest BCUT2D eigenvalue weighted by atomic mass is 79.9. The molecule has 2 unspecified atom stereocenters. The molecule has 1 saturated carbocycles. The zero-order valence-corrected chi connectivity index (χ0v) is 18.1. The molecule has 0 bridgehead atoms. The maximum atomic E-state index is 11.2. The molecule has 0 aromatic heterocycles. The summed E-state index contributed by atoms with van der Waals surface area (Å²) in [6.07, 6.45) is 11.0. The Kier molecular flexibility index (Phi) is 9.77. The Balaban J connectivity index is 1.81. The Morgan fingerprint density at radius 3 is 2.78 bits per heavy atom. The van der Waals surface area contributed by atoms with E-state index < -0.39 is 12.2 Å². The molecule has 1 aliphatic carbocycles. The van der Waals surface area contributed by atoms with Crippen LogP contribution in [0.3, 0.4) is 0 Å². The van der Waals surface area contributed by atoms with Crippen molar-refractivity contribution in [3.8, 4) is 0 Å². The van der Waals surface area contributed by atoms with Crippen molar-refractivity contribution in [3.63, 3.8) is 0 Å². The van der Waals surface area contributed by atoms with Gasteiger partial charge in [-0.2, -0.15) is 0 Å². The molecule has 27 heavy (non-hydrogen) atoms. The molecule has 0 spiro atoms. The van der Waals surface area contributed by atoms with Gasteiger partial charge in [0.1, 0.15) is 0 Å². The number of aliphatic hydroxyl groups excluding tert-OH is 2. The topological polar surface area (TPSA) is 76.0 Å². The van der Waals surface area contributed by atoms with Crippen molar-refractivity contribution in [2.45, 2.75) is 94.0 Å². The fraction of sp³-hybridized carbons (Fsp3) is 0.857. The summed E-state index contributed by atoms with van der Waals surface area (Å²) in [5, 5.41) is 20.5. The van der Waals surface area contributed by atoms with Crippen molar-refractivity contribution in [1.82, 2.24) is 0 Å². The molecule has 2 rings (SSSR count). The van der Waals surface area contributed by atoms with Gasteiger partial charge in [-0.25, -0.2) is 0 Å². The lowest BCUT2D eigenvalue weighted by Crippen LogP contribution is -2.24. The number of methoxy groups -OCH3 is 1. The van der Waals surface area contributed by atoms with Crippen molar-refractivity contribution < 1.29 is 24.5 Å². The molecule has 2 N–H and O–H groups in total. The van der Waals surface area contributed by atoms with Crippen molar-refractivity contribution in [1.29, 1.82) is 0 Å². The summed E-state index contributed by atoms with van der Waals surface area (Å²) in [6.45, 7) is 2.15. The summed E-state index contributed by atoms with van der Waals surface area (Å²) in [5.41, 5.74) is 0. The molecular weight excluding hydrogens is 412 g/mol. The zero-order valence-electron chi connectivity index (χ0n) is 16.6. The summed E-state index contributed by atoms with van der Waals surface area (Å²) in [6, 6.07) is 0.